The third kappa shape index (κ3) is 3.92. The summed E-state index contributed by atoms with van der Waals surface area (Å²) in [5.74, 6) is 0. The minimum atomic E-state index is 0.295. The average Bonchev–Trinajstić information content (AvgIpc) is 1.61. The van der Waals surface area contributed by atoms with Gasteiger partial charge in [-0.25, -0.2) is 4.89 Å². The van der Waals surface area contributed by atoms with Crippen molar-refractivity contribution in [1.82, 2.24) is 0 Å². The predicted molar refractivity (Wildman–Crippen MR) is 21.2 cm³/mol. The number of unbranched alkanes of at least 4 members (excludes halogenated alkanes) is 1. The Kier molecular flexibility index (Phi) is 4.85. The molecule has 0 aliphatic heterocycles. The van der Waals surface area contributed by atoms with Gasteiger partial charge in [-0.2, -0.15) is 0 Å². The zero-order valence-electron chi connectivity index (χ0n) is 3.64. The van der Waals surface area contributed by atoms with E-state index < -0.39 is 0 Å². The quantitative estimate of drug-likeness (QED) is 0.287. The van der Waals surface area contributed by atoms with Crippen LogP contribution in [0, 0.1) is 6.92 Å². The van der Waals surface area contributed by atoms with Crippen LogP contribution in [0.25, 0.3) is 0 Å². The maximum atomic E-state index is 9.16. The molecule has 0 fully saturated rings. The van der Waals surface area contributed by atoms with E-state index >= 15 is 0 Å². The van der Waals surface area contributed by atoms with E-state index in [0.717, 1.165) is 12.8 Å². The van der Waals surface area contributed by atoms with Gasteiger partial charge in [0, 0.05) is 0 Å². The Balaban J connectivity index is 2.34. The fourth-order valence-corrected chi connectivity index (χ4v) is 0.161. The molecule has 0 saturated heterocycles. The van der Waals surface area contributed by atoms with Gasteiger partial charge in [0.15, 0.2) is 0 Å². The molecule has 6 heavy (non-hydrogen) atoms. The average molecular weight is 88.1 g/mol. The third-order valence-electron chi connectivity index (χ3n) is 0.478. The Labute approximate surface area is 37.7 Å². The first-order valence-electron chi connectivity index (χ1n) is 1.96. The van der Waals surface area contributed by atoms with Gasteiger partial charge in [0.05, 0.1) is 6.61 Å². The van der Waals surface area contributed by atoms with Crippen LogP contribution in [0.2, 0.25) is 0 Å². The molecule has 2 radical (unpaired) electrons. The van der Waals surface area contributed by atoms with Crippen molar-refractivity contribution >= 4 is 0 Å². The normalized spacial score (nSPS) is 9.00. The van der Waals surface area contributed by atoms with Crippen molar-refractivity contribution < 1.29 is 10.1 Å². The molecule has 0 unspecified atom stereocenters. The summed E-state index contributed by atoms with van der Waals surface area (Å²) in [5, 5.41) is 9.16. The summed E-state index contributed by atoms with van der Waals surface area (Å²) in [6, 6.07) is 0. The molecular formula is C4H8O2. The lowest BCUT2D eigenvalue weighted by Crippen LogP contribution is -1.83. The zero-order chi connectivity index (χ0) is 4.83. The molecule has 0 spiro atoms. The summed E-state index contributed by atoms with van der Waals surface area (Å²) in [4.78, 5) is 3.49. The lowest BCUT2D eigenvalue weighted by molar-refractivity contribution is -0.303. The minimum Gasteiger partial charge on any atom is -0.204 e. The first-order chi connectivity index (χ1) is 2.91. The SMILES string of the molecule is [CH2]CCCO[O]. The molecule has 0 aromatic carbocycles. The Bertz CT molecular complexity index is 17.5. The largest absolute Gasteiger partial charge is 0.204 e. The van der Waals surface area contributed by atoms with E-state index in [4.69, 9.17) is 5.26 Å². The summed E-state index contributed by atoms with van der Waals surface area (Å²) < 4.78 is 0. The van der Waals surface area contributed by atoms with Crippen molar-refractivity contribution in [3.05, 3.63) is 6.92 Å². The molecule has 0 aromatic rings. The molecule has 0 amide bonds. The number of hydrogen-bond donors (Lipinski definition) is 0. The molecule has 0 atom stereocenters. The lowest BCUT2D eigenvalue weighted by Gasteiger charge is -1.84. The van der Waals surface area contributed by atoms with Gasteiger partial charge in [0.2, 0.25) is 0 Å². The van der Waals surface area contributed by atoms with Crippen molar-refractivity contribution in [2.45, 2.75) is 12.8 Å². The molecule has 2 heteroatoms. The van der Waals surface area contributed by atoms with Crippen LogP contribution in [0.15, 0.2) is 0 Å². The zero-order valence-corrected chi connectivity index (χ0v) is 3.64. The molecule has 0 saturated carbocycles. The van der Waals surface area contributed by atoms with Gasteiger partial charge in [-0.1, -0.05) is 13.3 Å². The van der Waals surface area contributed by atoms with Gasteiger partial charge in [0.1, 0.15) is 0 Å². The fraction of sp³-hybridized carbons (Fsp3) is 0.750. The van der Waals surface area contributed by atoms with E-state index in [1.54, 1.807) is 0 Å². The highest BCUT2D eigenvalue weighted by atomic mass is 17.1. The van der Waals surface area contributed by atoms with Gasteiger partial charge in [-0.15, -0.1) is 0 Å². The Hall–Kier alpha value is -0.0800. The molecule has 0 aliphatic rings. The van der Waals surface area contributed by atoms with Gasteiger partial charge in [-0.3, -0.25) is 0 Å². The predicted octanol–water partition coefficient (Wildman–Crippen LogP) is 0.963. The molecule has 0 bridgehead atoms. The van der Waals surface area contributed by atoms with Crippen molar-refractivity contribution in [3.8, 4) is 0 Å². The summed E-state index contributed by atoms with van der Waals surface area (Å²) in [6.07, 6.45) is 1.55. The van der Waals surface area contributed by atoms with E-state index in [9.17, 15) is 0 Å². The Morgan fingerprint density at radius 3 is 2.50 bits per heavy atom. The minimum absolute atomic E-state index is 0.295. The highest BCUT2D eigenvalue weighted by Gasteiger charge is 1.78. The van der Waals surface area contributed by atoms with Crippen LogP contribution in [-0.2, 0) is 10.1 Å². The van der Waals surface area contributed by atoms with Crippen LogP contribution in [0.1, 0.15) is 12.8 Å². The number of rotatable bonds is 3. The second-order valence-electron chi connectivity index (χ2n) is 1.03. The van der Waals surface area contributed by atoms with Crippen LogP contribution in [0.3, 0.4) is 0 Å². The molecular weight excluding hydrogens is 80.0 g/mol. The Morgan fingerprint density at radius 1 is 1.67 bits per heavy atom. The highest BCUT2D eigenvalue weighted by Crippen LogP contribution is 1.82. The molecule has 0 aliphatic carbocycles. The number of hydrogen-bond acceptors (Lipinski definition) is 1. The van der Waals surface area contributed by atoms with E-state index in [0.29, 0.717) is 6.61 Å². The van der Waals surface area contributed by atoms with Crippen LogP contribution < -0.4 is 0 Å². The first-order valence-corrected chi connectivity index (χ1v) is 1.96. The molecule has 0 rings (SSSR count). The maximum Gasteiger partial charge on any atom is 0.0854 e. The van der Waals surface area contributed by atoms with E-state index in [2.05, 4.69) is 11.8 Å². The molecule has 36 valence electrons. The summed E-state index contributed by atoms with van der Waals surface area (Å²) >= 11 is 0. The van der Waals surface area contributed by atoms with Crippen LogP contribution in [0.5, 0.6) is 0 Å². The molecule has 2 nitrogen and oxygen atoms in total. The van der Waals surface area contributed by atoms with E-state index in [1.807, 2.05) is 0 Å². The van der Waals surface area contributed by atoms with Gasteiger partial charge in [-0.05, 0) is 11.7 Å². The molecule has 0 aromatic heterocycles. The van der Waals surface area contributed by atoms with Gasteiger partial charge in [0.25, 0.3) is 0 Å². The molecule has 0 heterocycles. The fourth-order valence-electron chi connectivity index (χ4n) is 0.161. The van der Waals surface area contributed by atoms with Crippen LogP contribution in [-0.4, -0.2) is 6.61 Å². The van der Waals surface area contributed by atoms with Crippen molar-refractivity contribution in [2.75, 3.05) is 6.61 Å². The standard InChI is InChI=1S/C4H8O2/c1-2-3-4-6-5/h1-4H2. The topological polar surface area (TPSA) is 29.1 Å². The van der Waals surface area contributed by atoms with Crippen molar-refractivity contribution in [2.24, 2.45) is 0 Å². The monoisotopic (exact) mass is 88.1 g/mol. The van der Waals surface area contributed by atoms with Crippen LogP contribution in [0.4, 0.5) is 0 Å². The summed E-state index contributed by atoms with van der Waals surface area (Å²) in [7, 11) is 0. The van der Waals surface area contributed by atoms with Crippen LogP contribution >= 0.6 is 0 Å². The second kappa shape index (κ2) is 4.92. The van der Waals surface area contributed by atoms with E-state index in [1.165, 1.54) is 0 Å². The second-order valence-corrected chi connectivity index (χ2v) is 1.03. The Morgan fingerprint density at radius 2 is 2.33 bits per heavy atom. The summed E-state index contributed by atoms with van der Waals surface area (Å²) in [5.41, 5.74) is 0. The first kappa shape index (κ1) is 5.92. The third-order valence-corrected chi connectivity index (χ3v) is 0.478. The molecule has 0 N–H and O–H groups in total. The highest BCUT2D eigenvalue weighted by molar-refractivity contribution is 4.35. The summed E-state index contributed by atoms with van der Waals surface area (Å²) in [6.45, 7) is 3.80. The smallest absolute Gasteiger partial charge is 0.0854 e. The lowest BCUT2D eigenvalue weighted by atomic mass is 10.4. The van der Waals surface area contributed by atoms with E-state index in [-0.39, 0.29) is 0 Å². The maximum absolute atomic E-state index is 9.16. The van der Waals surface area contributed by atoms with Crippen molar-refractivity contribution in [3.63, 3.8) is 0 Å². The van der Waals surface area contributed by atoms with Crippen molar-refractivity contribution in [1.29, 1.82) is 0 Å². The van der Waals surface area contributed by atoms with Gasteiger partial charge >= 0.3 is 0 Å². The van der Waals surface area contributed by atoms with Gasteiger partial charge < -0.3 is 0 Å².